The molecule has 7 heteroatoms. The number of nitrogens with one attached hydrogen (secondary N) is 1. The number of nitrogens with zero attached hydrogens (tertiary/aromatic N) is 3. The maximum absolute atomic E-state index is 12.4. The Morgan fingerprint density at radius 2 is 2.08 bits per heavy atom. The Morgan fingerprint density at radius 1 is 1.38 bits per heavy atom. The summed E-state index contributed by atoms with van der Waals surface area (Å²) in [5, 5.41) is 14.7. The Morgan fingerprint density at radius 3 is 2.67 bits per heavy atom. The molecule has 0 radical (unpaired) electrons. The summed E-state index contributed by atoms with van der Waals surface area (Å²) in [4.78, 5) is 15.3. The van der Waals surface area contributed by atoms with Gasteiger partial charge in [-0.25, -0.2) is 0 Å². The van der Waals surface area contributed by atoms with Gasteiger partial charge in [0.05, 0.1) is 19.0 Å². The van der Waals surface area contributed by atoms with Crippen LogP contribution in [0.3, 0.4) is 0 Å². The van der Waals surface area contributed by atoms with Gasteiger partial charge in [0.2, 0.25) is 5.75 Å². The van der Waals surface area contributed by atoms with Crippen LogP contribution in [0.4, 0.5) is 0 Å². The maximum atomic E-state index is 12.4. The molecular formula is C17H13ClN4O2. The van der Waals surface area contributed by atoms with Crippen LogP contribution >= 0.6 is 11.6 Å². The molecule has 0 amide bonds. The first-order chi connectivity index (χ1) is 11.6. The van der Waals surface area contributed by atoms with Gasteiger partial charge in [-0.15, -0.1) is 0 Å². The first-order valence-electron chi connectivity index (χ1n) is 7.46. The van der Waals surface area contributed by atoms with Gasteiger partial charge >= 0.3 is 5.56 Å². The third-order valence-electron chi connectivity index (χ3n) is 4.56. The van der Waals surface area contributed by atoms with E-state index in [-0.39, 0.29) is 16.7 Å². The molecule has 3 aromatic rings. The van der Waals surface area contributed by atoms with Crippen LogP contribution in [0.2, 0.25) is 5.02 Å². The largest absolute Gasteiger partial charge is 0.490 e. The monoisotopic (exact) mass is 340 g/mol. The minimum Gasteiger partial charge on any atom is -0.490 e. The highest BCUT2D eigenvalue weighted by Crippen LogP contribution is 2.54. The molecule has 0 atom stereocenters. The highest BCUT2D eigenvalue weighted by atomic mass is 35.5. The maximum Gasteiger partial charge on any atom is 0.316 e. The van der Waals surface area contributed by atoms with Gasteiger partial charge in [-0.05, 0) is 30.5 Å². The number of hydrogen-bond donors (Lipinski definition) is 1. The molecule has 1 fully saturated rings. The van der Waals surface area contributed by atoms with Crippen molar-refractivity contribution in [3.05, 3.63) is 62.7 Å². The molecule has 1 aromatic carbocycles. The summed E-state index contributed by atoms with van der Waals surface area (Å²) in [6.45, 7) is 0. The van der Waals surface area contributed by atoms with Crippen molar-refractivity contribution in [2.24, 2.45) is 0 Å². The first-order valence-corrected chi connectivity index (χ1v) is 7.83. The zero-order chi connectivity index (χ0) is 16.9. The fourth-order valence-corrected chi connectivity index (χ4v) is 3.27. The molecule has 4 rings (SSSR count). The van der Waals surface area contributed by atoms with Gasteiger partial charge in [0.1, 0.15) is 11.6 Å². The summed E-state index contributed by atoms with van der Waals surface area (Å²) >= 11 is 5.97. The number of aromatic nitrogens is 3. The Kier molecular flexibility index (Phi) is 3.15. The molecule has 1 aliphatic carbocycles. The Hall–Kier alpha value is -2.78. The van der Waals surface area contributed by atoms with Crippen LogP contribution in [0.5, 0.6) is 5.75 Å². The van der Waals surface area contributed by atoms with Gasteiger partial charge in [-0.2, -0.15) is 14.9 Å². The smallest absolute Gasteiger partial charge is 0.316 e. The molecule has 24 heavy (non-hydrogen) atoms. The number of benzene rings is 1. The van der Waals surface area contributed by atoms with Crippen LogP contribution in [-0.2, 0) is 5.41 Å². The molecule has 0 bridgehead atoms. The highest BCUT2D eigenvalue weighted by Gasteiger charge is 2.50. The number of aromatic amines is 1. The fraction of sp³-hybridized carbons (Fsp3) is 0.235. The summed E-state index contributed by atoms with van der Waals surface area (Å²) in [6, 6.07) is 9.74. The van der Waals surface area contributed by atoms with Crippen molar-refractivity contribution in [2.75, 3.05) is 7.11 Å². The quantitative estimate of drug-likeness (QED) is 0.794. The Balaban J connectivity index is 1.97. The molecule has 1 N–H and O–H groups in total. The molecule has 2 aromatic heterocycles. The Labute approximate surface area is 142 Å². The molecule has 120 valence electrons. The third kappa shape index (κ3) is 1.95. The summed E-state index contributed by atoms with van der Waals surface area (Å²) in [6.07, 6.45) is 3.20. The zero-order valence-electron chi connectivity index (χ0n) is 12.8. The first kappa shape index (κ1) is 14.8. The van der Waals surface area contributed by atoms with Crippen molar-refractivity contribution in [2.45, 2.75) is 18.3 Å². The summed E-state index contributed by atoms with van der Waals surface area (Å²) in [5.41, 5.74) is 1.72. The van der Waals surface area contributed by atoms with Crippen molar-refractivity contribution >= 4 is 17.2 Å². The topological polar surface area (TPSA) is 83.2 Å². The molecule has 0 saturated heterocycles. The van der Waals surface area contributed by atoms with E-state index >= 15 is 0 Å². The third-order valence-corrected chi connectivity index (χ3v) is 4.81. The second kappa shape index (κ2) is 5.11. The summed E-state index contributed by atoms with van der Waals surface area (Å²) in [5.74, 6) is 0.150. The second-order valence-corrected chi connectivity index (χ2v) is 6.28. The summed E-state index contributed by atoms with van der Waals surface area (Å²) < 4.78 is 6.24. The minimum atomic E-state index is -0.388. The van der Waals surface area contributed by atoms with Gasteiger partial charge in [0.15, 0.2) is 5.65 Å². The van der Waals surface area contributed by atoms with Crippen molar-refractivity contribution in [1.29, 1.82) is 5.26 Å². The number of methoxy groups -OCH3 is 1. The standard InChI is InChI=1S/C17H13ClN4O2/c1-24-13-9-20-15-12(8-19)14(21-22(15)16(13)23)17(6-7-17)10-2-4-11(18)5-3-10/h2-5,9,20H,6-7H2,1H3. The van der Waals surface area contributed by atoms with E-state index in [0.717, 1.165) is 18.4 Å². The number of ether oxygens (including phenoxy) is 1. The minimum absolute atomic E-state index is 0.150. The lowest BCUT2D eigenvalue weighted by Crippen LogP contribution is -2.17. The van der Waals surface area contributed by atoms with Crippen molar-refractivity contribution in [3.63, 3.8) is 0 Å². The van der Waals surface area contributed by atoms with E-state index < -0.39 is 0 Å². The molecule has 6 nitrogen and oxygen atoms in total. The van der Waals surface area contributed by atoms with Gasteiger partial charge in [-0.1, -0.05) is 23.7 Å². The predicted octanol–water partition coefficient (Wildman–Crippen LogP) is 2.64. The van der Waals surface area contributed by atoms with Crippen LogP contribution in [0, 0.1) is 11.3 Å². The van der Waals surface area contributed by atoms with E-state index in [9.17, 15) is 10.1 Å². The van der Waals surface area contributed by atoms with E-state index in [2.05, 4.69) is 16.2 Å². The molecule has 0 aliphatic heterocycles. The predicted molar refractivity (Wildman–Crippen MR) is 88.5 cm³/mol. The number of halogens is 1. The second-order valence-electron chi connectivity index (χ2n) is 5.85. The van der Waals surface area contributed by atoms with Gasteiger partial charge in [0.25, 0.3) is 0 Å². The SMILES string of the molecule is COc1c[nH]c2c(C#N)c(C3(c4ccc(Cl)cc4)CC3)nn2c1=O. The van der Waals surface area contributed by atoms with Gasteiger partial charge in [-0.3, -0.25) is 4.79 Å². The number of nitriles is 1. The number of fused-ring (bicyclic) bond motifs is 1. The van der Waals surface area contributed by atoms with E-state index in [4.69, 9.17) is 16.3 Å². The van der Waals surface area contributed by atoms with E-state index in [0.29, 0.717) is 21.9 Å². The average Bonchev–Trinajstić information content (AvgIpc) is 3.30. The fourth-order valence-electron chi connectivity index (χ4n) is 3.14. The lowest BCUT2D eigenvalue weighted by molar-refractivity contribution is 0.404. The van der Waals surface area contributed by atoms with Gasteiger partial charge in [0, 0.05) is 10.4 Å². The summed E-state index contributed by atoms with van der Waals surface area (Å²) in [7, 11) is 1.42. The molecule has 1 aliphatic rings. The van der Waals surface area contributed by atoms with Gasteiger partial charge < -0.3 is 9.72 Å². The van der Waals surface area contributed by atoms with E-state index in [1.807, 2.05) is 24.3 Å². The molecule has 0 unspecified atom stereocenters. The van der Waals surface area contributed by atoms with Crippen LogP contribution in [0.25, 0.3) is 5.65 Å². The molecule has 0 spiro atoms. The highest BCUT2D eigenvalue weighted by molar-refractivity contribution is 6.30. The molecule has 1 saturated carbocycles. The van der Waals surface area contributed by atoms with E-state index in [1.165, 1.54) is 17.8 Å². The lowest BCUT2D eigenvalue weighted by Gasteiger charge is -2.13. The number of H-pyrrole nitrogens is 1. The lowest BCUT2D eigenvalue weighted by atomic mass is 9.90. The number of rotatable bonds is 3. The van der Waals surface area contributed by atoms with Crippen LogP contribution in [0.15, 0.2) is 35.3 Å². The van der Waals surface area contributed by atoms with Crippen molar-refractivity contribution in [1.82, 2.24) is 14.6 Å². The molecule has 2 heterocycles. The van der Waals surface area contributed by atoms with E-state index in [1.54, 1.807) is 0 Å². The van der Waals surface area contributed by atoms with Crippen molar-refractivity contribution in [3.8, 4) is 11.8 Å². The molecular weight excluding hydrogens is 328 g/mol. The van der Waals surface area contributed by atoms with Crippen LogP contribution in [0.1, 0.15) is 29.7 Å². The Bertz CT molecular complexity index is 1040. The van der Waals surface area contributed by atoms with Crippen LogP contribution in [-0.4, -0.2) is 21.7 Å². The van der Waals surface area contributed by atoms with Crippen molar-refractivity contribution < 1.29 is 4.74 Å². The van der Waals surface area contributed by atoms with Crippen LogP contribution < -0.4 is 10.3 Å². The number of hydrogen-bond acceptors (Lipinski definition) is 4. The zero-order valence-corrected chi connectivity index (χ0v) is 13.6. The average molecular weight is 341 g/mol. The normalized spacial score (nSPS) is 15.2.